The Labute approximate surface area is 171 Å². The molecule has 0 fully saturated rings. The first-order chi connectivity index (χ1) is 14.0. The molecule has 0 unspecified atom stereocenters. The van der Waals surface area contributed by atoms with Crippen LogP contribution in [0.25, 0.3) is 22.4 Å². The van der Waals surface area contributed by atoms with Gasteiger partial charge in [0.25, 0.3) is 5.91 Å². The van der Waals surface area contributed by atoms with Crippen molar-refractivity contribution >= 4 is 5.91 Å². The van der Waals surface area contributed by atoms with Gasteiger partial charge in [0, 0.05) is 24.1 Å². The molecule has 1 aliphatic heterocycles. The van der Waals surface area contributed by atoms with Crippen LogP contribution in [0.2, 0.25) is 0 Å². The maximum absolute atomic E-state index is 12.6. The fraction of sp³-hybridized carbons (Fsp3) is 0.333. The minimum Gasteiger partial charge on any atom is -0.383 e. The van der Waals surface area contributed by atoms with Crippen molar-refractivity contribution in [3.8, 4) is 22.4 Å². The number of aliphatic hydroxyl groups excluding tert-OH is 1. The van der Waals surface area contributed by atoms with Gasteiger partial charge in [0.05, 0.1) is 6.54 Å². The van der Waals surface area contributed by atoms with Crippen molar-refractivity contribution in [2.24, 2.45) is 5.92 Å². The van der Waals surface area contributed by atoms with E-state index in [0.29, 0.717) is 25.9 Å². The van der Waals surface area contributed by atoms with Crippen LogP contribution >= 0.6 is 0 Å². The van der Waals surface area contributed by atoms with Crippen molar-refractivity contribution in [3.05, 3.63) is 65.9 Å². The summed E-state index contributed by atoms with van der Waals surface area (Å²) in [5, 5.41) is 14.5. The van der Waals surface area contributed by atoms with E-state index in [4.69, 9.17) is 4.52 Å². The van der Waals surface area contributed by atoms with Crippen LogP contribution in [0.4, 0.5) is 0 Å². The molecule has 0 saturated heterocycles. The number of carbonyl (C=O) groups excluding carboxylic acids is 1. The number of aliphatic hydroxyl groups is 1. The SMILES string of the molecule is CC(C)C[C@@H](O)C(=O)N1CCc2onc(-c3ccc(-c4ccccc4)cc3)c2C1. The fourth-order valence-corrected chi connectivity index (χ4v) is 3.83. The van der Waals surface area contributed by atoms with Gasteiger partial charge in [-0.2, -0.15) is 0 Å². The Kier molecular flexibility index (Phi) is 5.49. The molecule has 1 amide bonds. The first-order valence-electron chi connectivity index (χ1n) is 10.1. The molecule has 0 saturated carbocycles. The molecule has 0 spiro atoms. The second-order valence-electron chi connectivity index (χ2n) is 8.03. The lowest BCUT2D eigenvalue weighted by Gasteiger charge is -2.28. The van der Waals surface area contributed by atoms with Crippen LogP contribution in [-0.4, -0.2) is 33.7 Å². The molecule has 1 N–H and O–H groups in total. The molecule has 29 heavy (non-hydrogen) atoms. The van der Waals surface area contributed by atoms with Crippen LogP contribution < -0.4 is 0 Å². The highest BCUT2D eigenvalue weighted by Gasteiger charge is 2.30. The van der Waals surface area contributed by atoms with E-state index in [1.165, 1.54) is 0 Å². The van der Waals surface area contributed by atoms with E-state index < -0.39 is 6.10 Å². The number of carbonyl (C=O) groups is 1. The Morgan fingerprint density at radius 1 is 1.07 bits per heavy atom. The monoisotopic (exact) mass is 390 g/mol. The maximum Gasteiger partial charge on any atom is 0.251 e. The average Bonchev–Trinajstić information content (AvgIpc) is 3.16. The zero-order valence-electron chi connectivity index (χ0n) is 16.8. The molecule has 2 heterocycles. The van der Waals surface area contributed by atoms with Crippen molar-refractivity contribution in [2.75, 3.05) is 6.54 Å². The minimum absolute atomic E-state index is 0.212. The molecule has 4 rings (SSSR count). The summed E-state index contributed by atoms with van der Waals surface area (Å²) in [4.78, 5) is 14.4. The Bertz CT molecular complexity index is 977. The van der Waals surface area contributed by atoms with Gasteiger partial charge in [0.2, 0.25) is 0 Å². The molecule has 1 aliphatic rings. The van der Waals surface area contributed by atoms with Gasteiger partial charge in [-0.1, -0.05) is 73.6 Å². The summed E-state index contributed by atoms with van der Waals surface area (Å²) < 4.78 is 5.56. The van der Waals surface area contributed by atoms with Crippen molar-refractivity contribution in [3.63, 3.8) is 0 Å². The van der Waals surface area contributed by atoms with Crippen LogP contribution in [0.5, 0.6) is 0 Å². The van der Waals surface area contributed by atoms with E-state index >= 15 is 0 Å². The van der Waals surface area contributed by atoms with Crippen LogP contribution in [0.1, 0.15) is 31.6 Å². The summed E-state index contributed by atoms with van der Waals surface area (Å²) in [6.07, 6.45) is 0.134. The third-order valence-corrected chi connectivity index (χ3v) is 5.38. The van der Waals surface area contributed by atoms with Gasteiger partial charge in [-0.3, -0.25) is 4.79 Å². The van der Waals surface area contributed by atoms with Gasteiger partial charge in [-0.15, -0.1) is 0 Å². The zero-order chi connectivity index (χ0) is 20.4. The Morgan fingerprint density at radius 2 is 1.72 bits per heavy atom. The molecule has 1 atom stereocenters. The summed E-state index contributed by atoms with van der Waals surface area (Å²) in [6, 6.07) is 18.4. The molecular formula is C24H26N2O3. The fourth-order valence-electron chi connectivity index (χ4n) is 3.83. The molecule has 5 nitrogen and oxygen atoms in total. The van der Waals surface area contributed by atoms with Crippen molar-refractivity contribution in [2.45, 2.75) is 39.3 Å². The van der Waals surface area contributed by atoms with Crippen LogP contribution in [0, 0.1) is 5.92 Å². The molecule has 150 valence electrons. The summed E-state index contributed by atoms with van der Waals surface area (Å²) in [7, 11) is 0. The van der Waals surface area contributed by atoms with Crippen LogP contribution in [0.3, 0.4) is 0 Å². The number of fused-ring (bicyclic) bond motifs is 1. The number of amides is 1. The molecular weight excluding hydrogens is 364 g/mol. The number of hydrogen-bond acceptors (Lipinski definition) is 4. The first kappa shape index (κ1) is 19.4. The molecule has 0 radical (unpaired) electrons. The van der Waals surface area contributed by atoms with E-state index in [1.54, 1.807) is 4.90 Å². The normalized spacial score (nSPS) is 14.7. The topological polar surface area (TPSA) is 66.6 Å². The minimum atomic E-state index is -0.954. The molecule has 0 aliphatic carbocycles. The van der Waals surface area contributed by atoms with E-state index in [2.05, 4.69) is 29.4 Å². The molecule has 2 aromatic carbocycles. The summed E-state index contributed by atoms with van der Waals surface area (Å²) in [6.45, 7) is 4.97. The van der Waals surface area contributed by atoms with Gasteiger partial charge >= 0.3 is 0 Å². The largest absolute Gasteiger partial charge is 0.383 e. The number of benzene rings is 2. The van der Waals surface area contributed by atoms with E-state index in [-0.39, 0.29) is 11.8 Å². The Hall–Kier alpha value is -2.92. The van der Waals surface area contributed by atoms with Crippen LogP contribution in [0.15, 0.2) is 59.1 Å². The van der Waals surface area contributed by atoms with Gasteiger partial charge in [0.15, 0.2) is 0 Å². The number of rotatable bonds is 5. The number of hydrogen-bond donors (Lipinski definition) is 1. The lowest BCUT2D eigenvalue weighted by Crippen LogP contribution is -2.42. The van der Waals surface area contributed by atoms with Crippen molar-refractivity contribution in [1.29, 1.82) is 0 Å². The molecule has 3 aromatic rings. The standard InChI is InChI=1S/C24H26N2O3/c1-16(2)14-21(27)24(28)26-13-12-22-20(15-26)23(25-29-22)19-10-8-18(9-11-19)17-6-4-3-5-7-17/h3-11,16,21,27H,12-15H2,1-2H3/t21-/m1/s1. The average molecular weight is 390 g/mol. The van der Waals surface area contributed by atoms with E-state index in [9.17, 15) is 9.90 Å². The van der Waals surface area contributed by atoms with Crippen molar-refractivity contribution in [1.82, 2.24) is 10.1 Å². The van der Waals surface area contributed by atoms with Gasteiger partial charge in [0.1, 0.15) is 17.6 Å². The van der Waals surface area contributed by atoms with Gasteiger partial charge in [-0.05, 0) is 23.5 Å². The van der Waals surface area contributed by atoms with Gasteiger partial charge in [-0.25, -0.2) is 0 Å². The van der Waals surface area contributed by atoms with E-state index in [1.807, 2.05) is 44.2 Å². The van der Waals surface area contributed by atoms with Crippen LogP contribution in [-0.2, 0) is 17.8 Å². The number of nitrogens with zero attached hydrogens (tertiary/aromatic N) is 2. The first-order valence-corrected chi connectivity index (χ1v) is 10.1. The third kappa shape index (κ3) is 4.10. The quantitative estimate of drug-likeness (QED) is 0.705. The molecule has 1 aromatic heterocycles. The highest BCUT2D eigenvalue weighted by Crippen LogP contribution is 2.31. The Balaban J connectivity index is 1.55. The summed E-state index contributed by atoms with van der Waals surface area (Å²) in [5.41, 5.74) is 4.98. The number of aromatic nitrogens is 1. The third-order valence-electron chi connectivity index (χ3n) is 5.38. The van der Waals surface area contributed by atoms with Crippen molar-refractivity contribution < 1.29 is 14.4 Å². The summed E-state index contributed by atoms with van der Waals surface area (Å²) in [5.74, 6) is 0.883. The lowest BCUT2D eigenvalue weighted by atomic mass is 9.98. The lowest BCUT2D eigenvalue weighted by molar-refractivity contribution is -0.142. The van der Waals surface area contributed by atoms with E-state index in [0.717, 1.165) is 33.7 Å². The highest BCUT2D eigenvalue weighted by atomic mass is 16.5. The summed E-state index contributed by atoms with van der Waals surface area (Å²) >= 11 is 0. The molecule has 5 heteroatoms. The predicted octanol–water partition coefficient (Wildman–Crippen LogP) is 4.30. The smallest absolute Gasteiger partial charge is 0.251 e. The predicted molar refractivity (Wildman–Crippen MR) is 112 cm³/mol. The zero-order valence-corrected chi connectivity index (χ0v) is 16.8. The maximum atomic E-state index is 12.6. The van der Waals surface area contributed by atoms with Gasteiger partial charge < -0.3 is 14.5 Å². The molecule has 0 bridgehead atoms. The second kappa shape index (κ2) is 8.21. The Morgan fingerprint density at radius 3 is 2.41 bits per heavy atom. The highest BCUT2D eigenvalue weighted by molar-refractivity contribution is 5.81. The second-order valence-corrected chi connectivity index (χ2v) is 8.03.